The van der Waals surface area contributed by atoms with Gasteiger partial charge < -0.3 is 0 Å². The lowest BCUT2D eigenvalue weighted by molar-refractivity contribution is 0.700. The van der Waals surface area contributed by atoms with Crippen LogP contribution in [0, 0.1) is 5.92 Å². The van der Waals surface area contributed by atoms with Crippen LogP contribution in [-0.2, 0) is 11.3 Å². The zero-order valence-electron chi connectivity index (χ0n) is 10.1. The van der Waals surface area contributed by atoms with E-state index in [-0.39, 0.29) is 5.92 Å². The summed E-state index contributed by atoms with van der Waals surface area (Å²) in [7, 11) is -1.81. The number of allylic oxidation sites excluding steroid dienone is 4. The third-order valence-electron chi connectivity index (χ3n) is 3.25. The van der Waals surface area contributed by atoms with Gasteiger partial charge in [-0.2, -0.15) is 0 Å². The molecule has 0 heterocycles. The van der Waals surface area contributed by atoms with E-state index in [2.05, 4.69) is 49.5 Å². The molecule has 0 aromatic heterocycles. The van der Waals surface area contributed by atoms with Crippen LogP contribution in [0.15, 0.2) is 54.6 Å². The Bertz CT molecular complexity index is 498. The van der Waals surface area contributed by atoms with E-state index in [1.54, 1.807) is 0 Å². The molecule has 0 saturated carbocycles. The SMILES string of the molecule is C[Si](C)(C(=S=O)C1C=CC=C1)c1ccccc1. The lowest BCUT2D eigenvalue weighted by Crippen LogP contribution is -2.52. The Hall–Kier alpha value is -1.19. The molecule has 0 atom stereocenters. The maximum Gasteiger partial charge on any atom is 0.124 e. The molecule has 0 aliphatic heterocycles. The minimum absolute atomic E-state index is 0.222. The highest BCUT2D eigenvalue weighted by molar-refractivity contribution is 7.73. The smallest absolute Gasteiger partial charge is 0.124 e. The van der Waals surface area contributed by atoms with Crippen molar-refractivity contribution in [3.8, 4) is 0 Å². The molecule has 3 heteroatoms. The number of hydrogen-bond donors (Lipinski definition) is 0. The van der Waals surface area contributed by atoms with Crippen molar-refractivity contribution in [2.24, 2.45) is 5.92 Å². The van der Waals surface area contributed by atoms with E-state index in [1.165, 1.54) is 5.19 Å². The summed E-state index contributed by atoms with van der Waals surface area (Å²) in [6.07, 6.45) is 8.27. The predicted octanol–water partition coefficient (Wildman–Crippen LogP) is 2.27. The molecule has 1 aromatic carbocycles. The number of benzene rings is 1. The van der Waals surface area contributed by atoms with Gasteiger partial charge in [-0.15, -0.1) is 0 Å². The molecule has 1 aliphatic carbocycles. The standard InChI is InChI=1S/C14H16OSSi/c1-17(2,13-10-4-3-5-11-13)14(16-15)12-8-6-7-9-12/h3-12H,1-2H3. The molecule has 17 heavy (non-hydrogen) atoms. The fourth-order valence-electron chi connectivity index (χ4n) is 2.18. The van der Waals surface area contributed by atoms with Crippen molar-refractivity contribution in [1.82, 2.24) is 0 Å². The summed E-state index contributed by atoms with van der Waals surface area (Å²) in [5, 5.41) is 1.33. The molecule has 2 rings (SSSR count). The summed E-state index contributed by atoms with van der Waals surface area (Å²) in [4.78, 5) is 0. The largest absolute Gasteiger partial charge is 0.213 e. The highest BCUT2D eigenvalue weighted by atomic mass is 32.1. The Kier molecular flexibility index (Phi) is 3.59. The Labute approximate surface area is 107 Å². The van der Waals surface area contributed by atoms with E-state index in [0.29, 0.717) is 11.3 Å². The van der Waals surface area contributed by atoms with Crippen LogP contribution in [0.5, 0.6) is 0 Å². The van der Waals surface area contributed by atoms with Gasteiger partial charge in [0, 0.05) is 10.4 Å². The summed E-state index contributed by atoms with van der Waals surface area (Å²) >= 11 is 0.695. The minimum Gasteiger partial charge on any atom is -0.213 e. The third kappa shape index (κ3) is 2.40. The molecule has 0 radical (unpaired) electrons. The van der Waals surface area contributed by atoms with Crippen LogP contribution in [-0.4, -0.2) is 16.8 Å². The molecule has 0 fully saturated rings. The Balaban J connectivity index is 2.40. The number of rotatable bonds is 3. The maximum atomic E-state index is 11.5. The Morgan fingerprint density at radius 1 is 1.12 bits per heavy atom. The maximum absolute atomic E-state index is 11.5. The molecular weight excluding hydrogens is 244 g/mol. The van der Waals surface area contributed by atoms with Gasteiger partial charge in [-0.1, -0.05) is 72.9 Å². The average molecular weight is 260 g/mol. The molecule has 0 amide bonds. The van der Waals surface area contributed by atoms with Crippen molar-refractivity contribution < 1.29 is 4.21 Å². The molecule has 88 valence electrons. The van der Waals surface area contributed by atoms with Crippen LogP contribution in [0.2, 0.25) is 13.1 Å². The Morgan fingerprint density at radius 2 is 1.71 bits per heavy atom. The molecule has 0 saturated heterocycles. The van der Waals surface area contributed by atoms with E-state index >= 15 is 0 Å². The van der Waals surface area contributed by atoms with Crippen molar-refractivity contribution in [3.63, 3.8) is 0 Å². The van der Waals surface area contributed by atoms with Crippen LogP contribution < -0.4 is 5.19 Å². The first-order valence-corrected chi connectivity index (χ1v) is 9.48. The molecule has 0 spiro atoms. The van der Waals surface area contributed by atoms with Crippen LogP contribution in [0.3, 0.4) is 0 Å². The van der Waals surface area contributed by atoms with Crippen LogP contribution in [0.25, 0.3) is 0 Å². The second-order valence-electron chi connectivity index (χ2n) is 4.73. The quantitative estimate of drug-likeness (QED) is 0.602. The first kappa shape index (κ1) is 12.3. The summed E-state index contributed by atoms with van der Waals surface area (Å²) in [6.45, 7) is 4.51. The average Bonchev–Trinajstić information content (AvgIpc) is 2.84. The van der Waals surface area contributed by atoms with Crippen molar-refractivity contribution in [2.45, 2.75) is 13.1 Å². The van der Waals surface area contributed by atoms with Gasteiger partial charge in [-0.25, -0.2) is 4.21 Å². The zero-order valence-corrected chi connectivity index (χ0v) is 11.9. The summed E-state index contributed by atoms with van der Waals surface area (Å²) in [5.74, 6) is 0.222. The molecule has 0 bridgehead atoms. The van der Waals surface area contributed by atoms with E-state index < -0.39 is 8.07 Å². The van der Waals surface area contributed by atoms with Crippen molar-refractivity contribution in [3.05, 3.63) is 54.6 Å². The second kappa shape index (κ2) is 4.98. The summed E-state index contributed by atoms with van der Waals surface area (Å²) in [6, 6.07) is 10.4. The van der Waals surface area contributed by atoms with Gasteiger partial charge >= 0.3 is 0 Å². The Morgan fingerprint density at radius 3 is 2.24 bits per heavy atom. The third-order valence-corrected chi connectivity index (χ3v) is 8.83. The first-order valence-electron chi connectivity index (χ1n) is 5.74. The van der Waals surface area contributed by atoms with E-state index in [1.807, 2.05) is 18.2 Å². The topological polar surface area (TPSA) is 17.1 Å². The highest BCUT2D eigenvalue weighted by Crippen LogP contribution is 2.18. The lowest BCUT2D eigenvalue weighted by Gasteiger charge is -2.26. The van der Waals surface area contributed by atoms with Gasteiger partial charge in [0.05, 0.1) is 11.3 Å². The highest BCUT2D eigenvalue weighted by Gasteiger charge is 2.33. The molecule has 0 N–H and O–H groups in total. The van der Waals surface area contributed by atoms with E-state index in [9.17, 15) is 4.21 Å². The molecular formula is C14H16OSSi. The fraction of sp³-hybridized carbons (Fsp3) is 0.214. The monoisotopic (exact) mass is 260 g/mol. The van der Waals surface area contributed by atoms with Crippen molar-refractivity contribution in [1.29, 1.82) is 0 Å². The molecule has 1 aromatic rings. The molecule has 1 aliphatic rings. The van der Waals surface area contributed by atoms with Crippen molar-refractivity contribution >= 4 is 29.0 Å². The molecule has 0 unspecified atom stereocenters. The molecule has 1 nitrogen and oxygen atoms in total. The van der Waals surface area contributed by atoms with E-state index in [4.69, 9.17) is 0 Å². The van der Waals surface area contributed by atoms with Crippen LogP contribution in [0.1, 0.15) is 0 Å². The van der Waals surface area contributed by atoms with Crippen LogP contribution in [0.4, 0.5) is 0 Å². The fourth-order valence-corrected chi connectivity index (χ4v) is 5.97. The summed E-state index contributed by atoms with van der Waals surface area (Å²) in [5.41, 5.74) is 0. The van der Waals surface area contributed by atoms with Crippen LogP contribution >= 0.6 is 0 Å². The van der Waals surface area contributed by atoms with Gasteiger partial charge in [0.15, 0.2) is 0 Å². The van der Waals surface area contributed by atoms with Gasteiger partial charge in [0.2, 0.25) is 0 Å². The van der Waals surface area contributed by atoms with Gasteiger partial charge in [-0.3, -0.25) is 0 Å². The number of hydrogen-bond acceptors (Lipinski definition) is 1. The minimum atomic E-state index is -1.81. The predicted molar refractivity (Wildman–Crippen MR) is 78.5 cm³/mol. The lowest BCUT2D eigenvalue weighted by atomic mass is 10.2. The van der Waals surface area contributed by atoms with Crippen molar-refractivity contribution in [2.75, 3.05) is 0 Å². The van der Waals surface area contributed by atoms with Gasteiger partial charge in [0.25, 0.3) is 0 Å². The summed E-state index contributed by atoms with van der Waals surface area (Å²) < 4.78 is 12.6. The normalized spacial score (nSPS) is 15.2. The second-order valence-corrected chi connectivity index (χ2v) is 10.1. The van der Waals surface area contributed by atoms with E-state index in [0.717, 1.165) is 4.49 Å². The zero-order chi connectivity index (χ0) is 12.3. The van der Waals surface area contributed by atoms with Gasteiger partial charge in [0.1, 0.15) is 8.07 Å². The van der Waals surface area contributed by atoms with Gasteiger partial charge in [-0.05, 0) is 0 Å². The first-order chi connectivity index (χ1) is 8.16.